The Bertz CT molecular complexity index is 1280. The molecule has 0 spiro atoms. The minimum absolute atomic E-state index is 0.153. The molecule has 1 heterocycles. The van der Waals surface area contributed by atoms with E-state index in [1.54, 1.807) is 0 Å². The van der Waals surface area contributed by atoms with Crippen molar-refractivity contribution in [1.29, 1.82) is 0 Å². The molecule has 0 saturated heterocycles. The van der Waals surface area contributed by atoms with Crippen LogP contribution in [-0.4, -0.2) is 39.6 Å². The summed E-state index contributed by atoms with van der Waals surface area (Å²) in [5.74, 6) is 2.13. The fraction of sp³-hybridized carbons (Fsp3) is 0.192. The van der Waals surface area contributed by atoms with Gasteiger partial charge in [0.05, 0.1) is 24.0 Å². The lowest BCUT2D eigenvalue weighted by Gasteiger charge is -2.12. The van der Waals surface area contributed by atoms with Crippen LogP contribution in [0.3, 0.4) is 0 Å². The van der Waals surface area contributed by atoms with E-state index in [0.29, 0.717) is 34.9 Å². The van der Waals surface area contributed by atoms with Gasteiger partial charge in [-0.1, -0.05) is 35.5 Å². The zero-order valence-corrected chi connectivity index (χ0v) is 21.0. The molecule has 0 aliphatic rings. The summed E-state index contributed by atoms with van der Waals surface area (Å²) in [4.78, 5) is 12.6. The molecular formula is C26H25ClN4O3S. The van der Waals surface area contributed by atoms with Gasteiger partial charge in [0.1, 0.15) is 11.5 Å². The first kappa shape index (κ1) is 24.6. The number of hydrogen-bond acceptors (Lipinski definition) is 6. The summed E-state index contributed by atoms with van der Waals surface area (Å²) in [5, 5.41) is 12.8. The van der Waals surface area contributed by atoms with Crippen LogP contribution in [0.25, 0.3) is 17.1 Å². The van der Waals surface area contributed by atoms with E-state index in [2.05, 4.69) is 15.5 Å². The highest BCUT2D eigenvalue weighted by atomic mass is 35.5. The van der Waals surface area contributed by atoms with Crippen LogP contribution >= 0.6 is 23.4 Å². The van der Waals surface area contributed by atoms with Crippen molar-refractivity contribution in [2.24, 2.45) is 0 Å². The molecule has 35 heavy (non-hydrogen) atoms. The minimum atomic E-state index is -0.153. The average Bonchev–Trinajstić information content (AvgIpc) is 3.29. The number of carbonyl (C=O) groups excluding carboxylic acids is 1. The molecule has 0 radical (unpaired) electrons. The van der Waals surface area contributed by atoms with Crippen molar-refractivity contribution in [3.8, 4) is 28.6 Å². The van der Waals surface area contributed by atoms with Crippen LogP contribution in [0.4, 0.5) is 5.69 Å². The van der Waals surface area contributed by atoms with Gasteiger partial charge in [-0.2, -0.15) is 0 Å². The lowest BCUT2D eigenvalue weighted by molar-refractivity contribution is -0.113. The lowest BCUT2D eigenvalue weighted by atomic mass is 10.2. The molecule has 4 aromatic rings. The van der Waals surface area contributed by atoms with E-state index in [1.807, 2.05) is 91.2 Å². The second kappa shape index (κ2) is 11.8. The highest BCUT2D eigenvalue weighted by molar-refractivity contribution is 7.99. The molecule has 3 aromatic carbocycles. The third-order valence-electron chi connectivity index (χ3n) is 4.94. The van der Waals surface area contributed by atoms with Gasteiger partial charge in [-0.15, -0.1) is 10.2 Å². The summed E-state index contributed by atoms with van der Waals surface area (Å²) in [6.45, 7) is 5.04. The summed E-state index contributed by atoms with van der Waals surface area (Å²) >= 11 is 7.76. The monoisotopic (exact) mass is 508 g/mol. The molecule has 0 unspecified atom stereocenters. The van der Waals surface area contributed by atoms with Crippen LogP contribution in [0.1, 0.15) is 13.8 Å². The predicted molar refractivity (Wildman–Crippen MR) is 140 cm³/mol. The van der Waals surface area contributed by atoms with Gasteiger partial charge in [0.15, 0.2) is 11.0 Å². The molecule has 0 saturated carbocycles. The Morgan fingerprint density at radius 1 is 0.914 bits per heavy atom. The van der Waals surface area contributed by atoms with Crippen LogP contribution in [-0.2, 0) is 4.79 Å². The summed E-state index contributed by atoms with van der Waals surface area (Å²) in [7, 11) is 0. The van der Waals surface area contributed by atoms with Gasteiger partial charge in [-0.25, -0.2) is 0 Å². The van der Waals surface area contributed by atoms with Crippen molar-refractivity contribution < 1.29 is 14.3 Å². The third kappa shape index (κ3) is 6.15. The Balaban J connectivity index is 1.56. The molecule has 7 nitrogen and oxygen atoms in total. The standard InChI is InChI=1S/C26H25ClN4O3S/c1-3-33-20-13-9-18(10-14-20)28-24(32)17-35-26-30-29-25(22-7-5-6-8-23(22)27)31(26)19-11-15-21(16-12-19)34-4-2/h5-16H,3-4,17H2,1-2H3,(H,28,32). The number of amides is 1. The molecule has 0 fully saturated rings. The molecule has 1 aromatic heterocycles. The van der Waals surface area contributed by atoms with E-state index in [4.69, 9.17) is 21.1 Å². The first-order valence-electron chi connectivity index (χ1n) is 11.2. The second-order valence-electron chi connectivity index (χ2n) is 7.34. The molecule has 1 amide bonds. The number of aromatic nitrogens is 3. The maximum Gasteiger partial charge on any atom is 0.234 e. The van der Waals surface area contributed by atoms with Crippen LogP contribution in [0, 0.1) is 0 Å². The number of thioether (sulfide) groups is 1. The molecule has 180 valence electrons. The number of anilines is 1. The zero-order valence-electron chi connectivity index (χ0n) is 19.4. The number of hydrogen-bond donors (Lipinski definition) is 1. The lowest BCUT2D eigenvalue weighted by Crippen LogP contribution is -2.14. The van der Waals surface area contributed by atoms with Gasteiger partial charge < -0.3 is 14.8 Å². The topological polar surface area (TPSA) is 78.3 Å². The number of carbonyl (C=O) groups is 1. The maximum atomic E-state index is 12.6. The van der Waals surface area contributed by atoms with Crippen molar-refractivity contribution in [3.05, 3.63) is 77.8 Å². The zero-order chi connectivity index (χ0) is 24.6. The Hall–Kier alpha value is -3.49. The molecule has 0 atom stereocenters. The largest absolute Gasteiger partial charge is 0.494 e. The Labute approximate surface area is 213 Å². The fourth-order valence-electron chi connectivity index (χ4n) is 3.40. The average molecular weight is 509 g/mol. The summed E-state index contributed by atoms with van der Waals surface area (Å²) < 4.78 is 12.9. The van der Waals surface area contributed by atoms with Crippen LogP contribution in [0.2, 0.25) is 5.02 Å². The van der Waals surface area contributed by atoms with E-state index in [1.165, 1.54) is 11.8 Å². The Kier molecular flexibility index (Phi) is 8.28. The molecule has 4 rings (SSSR count). The second-order valence-corrected chi connectivity index (χ2v) is 8.69. The number of nitrogens with zero attached hydrogens (tertiary/aromatic N) is 3. The third-order valence-corrected chi connectivity index (χ3v) is 6.19. The summed E-state index contributed by atoms with van der Waals surface area (Å²) in [5.41, 5.74) is 2.29. The summed E-state index contributed by atoms with van der Waals surface area (Å²) in [6.07, 6.45) is 0. The Morgan fingerprint density at radius 2 is 1.54 bits per heavy atom. The minimum Gasteiger partial charge on any atom is -0.494 e. The van der Waals surface area contributed by atoms with E-state index in [9.17, 15) is 4.79 Å². The van der Waals surface area contributed by atoms with E-state index in [-0.39, 0.29) is 11.7 Å². The maximum absolute atomic E-state index is 12.6. The smallest absolute Gasteiger partial charge is 0.234 e. The van der Waals surface area contributed by atoms with Crippen molar-refractivity contribution >= 4 is 35.0 Å². The number of ether oxygens (including phenoxy) is 2. The van der Waals surface area contributed by atoms with Crippen LogP contribution in [0.5, 0.6) is 11.5 Å². The van der Waals surface area contributed by atoms with Gasteiger partial charge in [0.2, 0.25) is 5.91 Å². The number of nitrogens with one attached hydrogen (secondary N) is 1. The Morgan fingerprint density at radius 3 is 2.17 bits per heavy atom. The number of halogens is 1. The van der Waals surface area contributed by atoms with E-state index >= 15 is 0 Å². The van der Waals surface area contributed by atoms with Crippen LogP contribution in [0.15, 0.2) is 78.0 Å². The van der Waals surface area contributed by atoms with Crippen molar-refractivity contribution in [3.63, 3.8) is 0 Å². The van der Waals surface area contributed by atoms with Gasteiger partial charge in [-0.3, -0.25) is 9.36 Å². The summed E-state index contributed by atoms with van der Waals surface area (Å²) in [6, 6.07) is 22.4. The normalized spacial score (nSPS) is 10.7. The predicted octanol–water partition coefficient (Wildman–Crippen LogP) is 6.12. The first-order chi connectivity index (χ1) is 17.1. The van der Waals surface area contributed by atoms with Gasteiger partial charge >= 0.3 is 0 Å². The fourth-order valence-corrected chi connectivity index (χ4v) is 4.37. The highest BCUT2D eigenvalue weighted by Crippen LogP contribution is 2.32. The van der Waals surface area contributed by atoms with Crippen LogP contribution < -0.4 is 14.8 Å². The molecule has 0 aliphatic heterocycles. The molecular weight excluding hydrogens is 484 g/mol. The number of benzene rings is 3. The molecule has 0 aliphatic carbocycles. The van der Waals surface area contributed by atoms with Gasteiger partial charge in [0, 0.05) is 16.9 Å². The van der Waals surface area contributed by atoms with Crippen molar-refractivity contribution in [2.75, 3.05) is 24.3 Å². The number of rotatable bonds is 10. The van der Waals surface area contributed by atoms with E-state index in [0.717, 1.165) is 22.7 Å². The van der Waals surface area contributed by atoms with E-state index < -0.39 is 0 Å². The van der Waals surface area contributed by atoms with Crippen molar-refractivity contribution in [1.82, 2.24) is 14.8 Å². The van der Waals surface area contributed by atoms with Gasteiger partial charge in [-0.05, 0) is 74.5 Å². The van der Waals surface area contributed by atoms with Crippen molar-refractivity contribution in [2.45, 2.75) is 19.0 Å². The first-order valence-corrected chi connectivity index (χ1v) is 12.5. The van der Waals surface area contributed by atoms with Gasteiger partial charge in [0.25, 0.3) is 0 Å². The molecule has 0 bridgehead atoms. The quantitative estimate of drug-likeness (QED) is 0.260. The molecule has 9 heteroatoms. The molecule has 1 N–H and O–H groups in total. The SMILES string of the molecule is CCOc1ccc(NC(=O)CSc2nnc(-c3ccccc3Cl)n2-c2ccc(OCC)cc2)cc1. The highest BCUT2D eigenvalue weighted by Gasteiger charge is 2.19.